The average Bonchev–Trinajstić information content (AvgIpc) is 3.23. The third kappa shape index (κ3) is 5.20. The highest BCUT2D eigenvalue weighted by atomic mass is 32.2. The molecule has 0 atom stereocenters. The maximum absolute atomic E-state index is 13.8. The van der Waals surface area contributed by atoms with Crippen LogP contribution < -0.4 is 10.6 Å². The molecule has 0 aliphatic carbocycles. The number of hydrogen-bond donors (Lipinski definition) is 2. The maximum atomic E-state index is 13.8. The Morgan fingerprint density at radius 1 is 1.00 bits per heavy atom. The van der Waals surface area contributed by atoms with Crippen molar-refractivity contribution < 1.29 is 14.0 Å². The number of amides is 2. The zero-order valence-electron chi connectivity index (χ0n) is 17.9. The fourth-order valence-electron chi connectivity index (χ4n) is 3.42. The second-order valence-electron chi connectivity index (χ2n) is 7.17. The first-order chi connectivity index (χ1) is 16.1. The van der Waals surface area contributed by atoms with E-state index in [-0.39, 0.29) is 23.8 Å². The lowest BCUT2D eigenvalue weighted by molar-refractivity contribution is -0.113. The molecule has 4 aromatic rings. The van der Waals surface area contributed by atoms with Gasteiger partial charge in [-0.15, -0.1) is 10.2 Å². The van der Waals surface area contributed by atoms with Crippen LogP contribution in [0.1, 0.15) is 23.1 Å². The number of carbonyl (C=O) groups excluding carboxylic acids is 2. The average molecular weight is 464 g/mol. The van der Waals surface area contributed by atoms with E-state index in [9.17, 15) is 14.0 Å². The van der Waals surface area contributed by atoms with Gasteiger partial charge in [-0.05, 0) is 30.5 Å². The lowest BCUT2D eigenvalue weighted by Gasteiger charge is -2.10. The highest BCUT2D eigenvalue weighted by Crippen LogP contribution is 2.24. The van der Waals surface area contributed by atoms with E-state index < -0.39 is 11.7 Å². The summed E-state index contributed by atoms with van der Waals surface area (Å²) in [6.45, 7) is 2.58. The van der Waals surface area contributed by atoms with Crippen molar-refractivity contribution in [1.29, 1.82) is 0 Å². The molecule has 0 saturated heterocycles. The Balaban J connectivity index is 1.37. The Morgan fingerprint density at radius 3 is 2.58 bits per heavy atom. The van der Waals surface area contributed by atoms with E-state index >= 15 is 0 Å². The molecule has 33 heavy (non-hydrogen) atoms. The molecule has 0 aliphatic heterocycles. The standard InChI is InChI=1S/C24H22FN5O2S/c1-2-30-21(14-26-23(32)18-11-5-6-12-19(18)25)28-29-24(30)33-15-22(31)27-20-13-7-9-16-8-3-4-10-17(16)20/h3-13H,2,14-15H2,1H3,(H,26,32)(H,27,31). The highest BCUT2D eigenvalue weighted by molar-refractivity contribution is 7.99. The number of benzene rings is 3. The van der Waals surface area contributed by atoms with Crippen LogP contribution in [0.2, 0.25) is 0 Å². The molecule has 2 amide bonds. The Bertz CT molecular complexity index is 1300. The van der Waals surface area contributed by atoms with Gasteiger partial charge in [-0.1, -0.05) is 60.3 Å². The molecule has 0 fully saturated rings. The largest absolute Gasteiger partial charge is 0.345 e. The lowest BCUT2D eigenvalue weighted by Crippen LogP contribution is -2.25. The van der Waals surface area contributed by atoms with Crippen molar-refractivity contribution in [3.05, 3.63) is 83.9 Å². The SMILES string of the molecule is CCn1c(CNC(=O)c2ccccc2F)nnc1SCC(=O)Nc1cccc2ccccc12. The van der Waals surface area contributed by atoms with Crippen molar-refractivity contribution >= 4 is 40.0 Å². The summed E-state index contributed by atoms with van der Waals surface area (Å²) in [6, 6.07) is 19.4. The van der Waals surface area contributed by atoms with Crippen LogP contribution in [0.15, 0.2) is 71.9 Å². The van der Waals surface area contributed by atoms with Gasteiger partial charge in [-0.3, -0.25) is 9.59 Å². The number of anilines is 1. The van der Waals surface area contributed by atoms with Crippen molar-refractivity contribution in [2.75, 3.05) is 11.1 Å². The fraction of sp³-hybridized carbons (Fsp3) is 0.167. The van der Waals surface area contributed by atoms with Crippen molar-refractivity contribution in [2.45, 2.75) is 25.2 Å². The molecule has 0 radical (unpaired) electrons. The Morgan fingerprint density at radius 2 is 1.76 bits per heavy atom. The molecular formula is C24H22FN5O2S. The minimum atomic E-state index is -0.583. The van der Waals surface area contributed by atoms with Crippen LogP contribution in [0.25, 0.3) is 10.8 Å². The minimum Gasteiger partial charge on any atom is -0.345 e. The van der Waals surface area contributed by atoms with E-state index in [2.05, 4.69) is 20.8 Å². The normalized spacial score (nSPS) is 10.8. The third-order valence-electron chi connectivity index (χ3n) is 5.03. The first-order valence-electron chi connectivity index (χ1n) is 10.4. The van der Waals surface area contributed by atoms with Crippen LogP contribution in [0, 0.1) is 5.82 Å². The number of rotatable bonds is 8. The van der Waals surface area contributed by atoms with Gasteiger partial charge < -0.3 is 15.2 Å². The number of nitrogens with zero attached hydrogens (tertiary/aromatic N) is 3. The van der Waals surface area contributed by atoms with E-state index in [1.165, 1.54) is 30.0 Å². The summed E-state index contributed by atoms with van der Waals surface area (Å²) in [6.07, 6.45) is 0. The number of halogens is 1. The molecule has 0 spiro atoms. The van der Waals surface area contributed by atoms with Gasteiger partial charge in [0, 0.05) is 17.6 Å². The molecule has 9 heteroatoms. The van der Waals surface area contributed by atoms with Crippen LogP contribution in [0.4, 0.5) is 10.1 Å². The molecule has 7 nitrogen and oxygen atoms in total. The van der Waals surface area contributed by atoms with Gasteiger partial charge in [-0.2, -0.15) is 0 Å². The number of fused-ring (bicyclic) bond motifs is 1. The smallest absolute Gasteiger partial charge is 0.254 e. The number of aromatic nitrogens is 3. The number of hydrogen-bond acceptors (Lipinski definition) is 5. The molecular weight excluding hydrogens is 441 g/mol. The summed E-state index contributed by atoms with van der Waals surface area (Å²) in [5.41, 5.74) is 0.729. The lowest BCUT2D eigenvalue weighted by atomic mass is 10.1. The molecule has 1 aromatic heterocycles. The molecule has 2 N–H and O–H groups in total. The highest BCUT2D eigenvalue weighted by Gasteiger charge is 2.16. The summed E-state index contributed by atoms with van der Waals surface area (Å²) in [5.74, 6) is -0.582. The molecule has 4 rings (SSSR count). The van der Waals surface area contributed by atoms with E-state index in [0.717, 1.165) is 16.5 Å². The summed E-state index contributed by atoms with van der Waals surface area (Å²) >= 11 is 1.26. The van der Waals surface area contributed by atoms with E-state index in [0.29, 0.717) is 17.5 Å². The van der Waals surface area contributed by atoms with Gasteiger partial charge in [0.05, 0.1) is 17.9 Å². The van der Waals surface area contributed by atoms with Crippen molar-refractivity contribution in [3.63, 3.8) is 0 Å². The molecule has 0 saturated carbocycles. The van der Waals surface area contributed by atoms with Gasteiger partial charge >= 0.3 is 0 Å². The quantitative estimate of drug-likeness (QED) is 0.382. The second kappa shape index (κ2) is 10.3. The third-order valence-corrected chi connectivity index (χ3v) is 6.00. The summed E-state index contributed by atoms with van der Waals surface area (Å²) in [5, 5.41) is 16.5. The van der Waals surface area contributed by atoms with Gasteiger partial charge in [0.1, 0.15) is 5.82 Å². The van der Waals surface area contributed by atoms with E-state index in [1.54, 1.807) is 6.07 Å². The summed E-state index contributed by atoms with van der Waals surface area (Å²) in [4.78, 5) is 24.8. The molecule has 0 bridgehead atoms. The topological polar surface area (TPSA) is 88.9 Å². The van der Waals surface area contributed by atoms with Crippen LogP contribution >= 0.6 is 11.8 Å². The second-order valence-corrected chi connectivity index (χ2v) is 8.11. The van der Waals surface area contributed by atoms with Gasteiger partial charge in [0.15, 0.2) is 11.0 Å². The molecule has 0 unspecified atom stereocenters. The number of thioether (sulfide) groups is 1. The zero-order valence-corrected chi connectivity index (χ0v) is 18.7. The van der Waals surface area contributed by atoms with Crippen molar-refractivity contribution in [2.24, 2.45) is 0 Å². The van der Waals surface area contributed by atoms with Gasteiger partial charge in [0.25, 0.3) is 5.91 Å². The predicted molar refractivity (Wildman–Crippen MR) is 127 cm³/mol. The monoisotopic (exact) mass is 463 g/mol. The molecule has 0 aliphatic rings. The minimum absolute atomic E-state index is 0.0280. The molecule has 3 aromatic carbocycles. The van der Waals surface area contributed by atoms with Gasteiger partial charge in [-0.25, -0.2) is 4.39 Å². The number of nitrogens with one attached hydrogen (secondary N) is 2. The van der Waals surface area contributed by atoms with Crippen molar-refractivity contribution in [1.82, 2.24) is 20.1 Å². The van der Waals surface area contributed by atoms with Crippen LogP contribution in [-0.4, -0.2) is 32.3 Å². The van der Waals surface area contributed by atoms with Crippen molar-refractivity contribution in [3.8, 4) is 0 Å². The zero-order chi connectivity index (χ0) is 23.2. The molecule has 168 valence electrons. The number of carbonyl (C=O) groups is 2. The van der Waals surface area contributed by atoms with Crippen LogP contribution in [0.3, 0.4) is 0 Å². The van der Waals surface area contributed by atoms with Crippen LogP contribution in [-0.2, 0) is 17.9 Å². The first-order valence-corrected chi connectivity index (χ1v) is 11.4. The summed E-state index contributed by atoms with van der Waals surface area (Å²) < 4.78 is 15.6. The fourth-order valence-corrected chi connectivity index (χ4v) is 4.25. The Labute approximate surface area is 194 Å². The molecule has 1 heterocycles. The predicted octanol–water partition coefficient (Wildman–Crippen LogP) is 4.25. The van der Waals surface area contributed by atoms with Gasteiger partial charge in [0.2, 0.25) is 5.91 Å². The van der Waals surface area contributed by atoms with E-state index in [1.807, 2.05) is 54.0 Å². The van der Waals surface area contributed by atoms with E-state index in [4.69, 9.17) is 0 Å². The summed E-state index contributed by atoms with van der Waals surface area (Å²) in [7, 11) is 0. The Kier molecular flexibility index (Phi) is 6.99. The van der Waals surface area contributed by atoms with Crippen LogP contribution in [0.5, 0.6) is 0 Å². The maximum Gasteiger partial charge on any atom is 0.254 e. The first kappa shape index (κ1) is 22.5. The Hall–Kier alpha value is -3.72.